The molecule has 5 nitrogen and oxygen atoms in total. The summed E-state index contributed by atoms with van der Waals surface area (Å²) in [6, 6.07) is 31.3. The molecule has 0 aliphatic heterocycles. The number of aromatic carboxylic acids is 1. The van der Waals surface area contributed by atoms with Crippen molar-refractivity contribution in [2.24, 2.45) is 0 Å². The number of carbonyl (C=O) groups is 1. The van der Waals surface area contributed by atoms with Gasteiger partial charge in [-0.25, -0.2) is 4.79 Å². The predicted molar refractivity (Wildman–Crippen MR) is 145 cm³/mol. The average Bonchev–Trinajstić information content (AvgIpc) is 2.86. The van der Waals surface area contributed by atoms with E-state index in [2.05, 4.69) is 41.3 Å². The van der Waals surface area contributed by atoms with E-state index in [0.29, 0.717) is 0 Å². The molecule has 184 valence electrons. The van der Waals surface area contributed by atoms with E-state index in [1.807, 2.05) is 76.2 Å². The second kappa shape index (κ2) is 11.0. The molecule has 4 aromatic carbocycles. The molecule has 0 aliphatic rings. The van der Waals surface area contributed by atoms with Gasteiger partial charge in [-0.3, -0.25) is 0 Å². The molecular weight excluding hydrogens is 450 g/mol. The first kappa shape index (κ1) is 24.9. The molecule has 36 heavy (non-hydrogen) atoms. The van der Waals surface area contributed by atoms with E-state index in [9.17, 15) is 4.79 Å². The molecule has 0 fully saturated rings. The van der Waals surface area contributed by atoms with Gasteiger partial charge in [0, 0.05) is 17.1 Å². The summed E-state index contributed by atoms with van der Waals surface area (Å²) in [6.45, 7) is 8.05. The monoisotopic (exact) mass is 481 g/mol. The molecule has 4 aromatic rings. The molecule has 0 aliphatic carbocycles. The molecule has 1 N–H and O–H groups in total. The first-order chi connectivity index (χ1) is 17.3. The number of hydrogen-bond acceptors (Lipinski definition) is 4. The SMILES string of the molecule is CC(C)Oc1ccc(N(c2ccc(OC(C)C)cc2)c2ccc(-c3ccc(C(=O)O)cc3)cc2)cc1. The van der Waals surface area contributed by atoms with Crippen molar-refractivity contribution >= 4 is 23.0 Å². The molecule has 0 saturated carbocycles. The maximum atomic E-state index is 11.2. The van der Waals surface area contributed by atoms with Crippen LogP contribution in [0, 0.1) is 0 Å². The van der Waals surface area contributed by atoms with Crippen LogP contribution < -0.4 is 14.4 Å². The van der Waals surface area contributed by atoms with Crippen LogP contribution in [-0.2, 0) is 0 Å². The summed E-state index contributed by atoms with van der Waals surface area (Å²) < 4.78 is 11.7. The van der Waals surface area contributed by atoms with Crippen LogP contribution in [0.3, 0.4) is 0 Å². The van der Waals surface area contributed by atoms with Crippen molar-refractivity contribution in [3.8, 4) is 22.6 Å². The standard InChI is InChI=1S/C31H31NO4/c1-21(2)35-29-17-13-27(14-18-29)32(28-15-19-30(20-16-28)36-22(3)4)26-11-9-24(10-12-26)23-5-7-25(8-6-23)31(33)34/h5-22H,1-4H3,(H,33,34). The Kier molecular flexibility index (Phi) is 7.59. The van der Waals surface area contributed by atoms with Gasteiger partial charge in [0.1, 0.15) is 11.5 Å². The molecule has 5 heteroatoms. The van der Waals surface area contributed by atoms with Crippen molar-refractivity contribution < 1.29 is 19.4 Å². The summed E-state index contributed by atoms with van der Waals surface area (Å²) >= 11 is 0. The minimum absolute atomic E-state index is 0.109. The second-order valence-electron chi connectivity index (χ2n) is 9.09. The van der Waals surface area contributed by atoms with Crippen molar-refractivity contribution in [3.05, 3.63) is 103 Å². The highest BCUT2D eigenvalue weighted by Crippen LogP contribution is 2.37. The maximum Gasteiger partial charge on any atom is 0.335 e. The molecule has 0 amide bonds. The third-order valence-electron chi connectivity index (χ3n) is 5.52. The highest BCUT2D eigenvalue weighted by Gasteiger charge is 2.14. The normalized spacial score (nSPS) is 10.9. The van der Waals surface area contributed by atoms with Crippen molar-refractivity contribution in [2.45, 2.75) is 39.9 Å². The number of carboxylic acids is 1. The van der Waals surface area contributed by atoms with E-state index in [1.54, 1.807) is 12.1 Å². The van der Waals surface area contributed by atoms with Gasteiger partial charge in [-0.2, -0.15) is 0 Å². The van der Waals surface area contributed by atoms with Gasteiger partial charge in [-0.1, -0.05) is 24.3 Å². The lowest BCUT2D eigenvalue weighted by Crippen LogP contribution is -2.11. The van der Waals surface area contributed by atoms with Gasteiger partial charge in [-0.05, 0) is 112 Å². The summed E-state index contributed by atoms with van der Waals surface area (Å²) in [5, 5.41) is 9.16. The van der Waals surface area contributed by atoms with Crippen molar-refractivity contribution in [3.63, 3.8) is 0 Å². The van der Waals surface area contributed by atoms with Crippen LogP contribution in [0.1, 0.15) is 38.1 Å². The number of carboxylic acid groups (broad SMARTS) is 1. The Morgan fingerprint density at radius 1 is 0.583 bits per heavy atom. The van der Waals surface area contributed by atoms with Crippen LogP contribution in [0.15, 0.2) is 97.1 Å². The quantitative estimate of drug-likeness (QED) is 0.262. The lowest BCUT2D eigenvalue weighted by atomic mass is 10.0. The van der Waals surface area contributed by atoms with E-state index in [-0.39, 0.29) is 17.8 Å². The van der Waals surface area contributed by atoms with Gasteiger partial charge in [-0.15, -0.1) is 0 Å². The number of hydrogen-bond donors (Lipinski definition) is 1. The van der Waals surface area contributed by atoms with Crippen molar-refractivity contribution in [1.29, 1.82) is 0 Å². The Morgan fingerprint density at radius 2 is 0.917 bits per heavy atom. The van der Waals surface area contributed by atoms with Crippen LogP contribution in [0.25, 0.3) is 11.1 Å². The fraction of sp³-hybridized carbons (Fsp3) is 0.194. The smallest absolute Gasteiger partial charge is 0.335 e. The summed E-state index contributed by atoms with van der Waals surface area (Å²) in [6.07, 6.45) is 0.218. The van der Waals surface area contributed by atoms with Crippen LogP contribution in [0.4, 0.5) is 17.1 Å². The number of nitrogens with zero attached hydrogens (tertiary/aromatic N) is 1. The minimum Gasteiger partial charge on any atom is -0.491 e. The van der Waals surface area contributed by atoms with E-state index in [4.69, 9.17) is 14.6 Å². The lowest BCUT2D eigenvalue weighted by Gasteiger charge is -2.26. The molecule has 0 bridgehead atoms. The Morgan fingerprint density at radius 3 is 1.25 bits per heavy atom. The minimum atomic E-state index is -0.929. The Bertz CT molecular complexity index is 1220. The van der Waals surface area contributed by atoms with Gasteiger partial charge in [0.15, 0.2) is 0 Å². The molecule has 0 unspecified atom stereocenters. The first-order valence-electron chi connectivity index (χ1n) is 12.1. The Hall–Kier alpha value is -4.25. The van der Waals surface area contributed by atoms with E-state index in [0.717, 1.165) is 39.7 Å². The van der Waals surface area contributed by atoms with Crippen LogP contribution in [0.5, 0.6) is 11.5 Å². The molecule has 0 heterocycles. The van der Waals surface area contributed by atoms with Crippen molar-refractivity contribution in [1.82, 2.24) is 0 Å². The lowest BCUT2D eigenvalue weighted by molar-refractivity contribution is 0.0697. The molecule has 0 atom stereocenters. The fourth-order valence-electron chi connectivity index (χ4n) is 3.95. The van der Waals surface area contributed by atoms with Gasteiger partial charge in [0.25, 0.3) is 0 Å². The molecule has 0 aromatic heterocycles. The molecule has 0 saturated heterocycles. The summed E-state index contributed by atoms with van der Waals surface area (Å²) in [5.74, 6) is 0.728. The number of rotatable bonds is 9. The Labute approximate surface area is 212 Å². The van der Waals surface area contributed by atoms with Crippen LogP contribution in [0.2, 0.25) is 0 Å². The van der Waals surface area contributed by atoms with Crippen LogP contribution in [-0.4, -0.2) is 23.3 Å². The molecule has 0 spiro atoms. The van der Waals surface area contributed by atoms with Gasteiger partial charge < -0.3 is 19.5 Å². The molecular formula is C31H31NO4. The van der Waals surface area contributed by atoms with E-state index in [1.165, 1.54) is 0 Å². The van der Waals surface area contributed by atoms with Crippen LogP contribution >= 0.6 is 0 Å². The third-order valence-corrected chi connectivity index (χ3v) is 5.52. The third kappa shape index (κ3) is 6.05. The first-order valence-corrected chi connectivity index (χ1v) is 12.1. The van der Waals surface area contributed by atoms with Gasteiger partial charge >= 0.3 is 5.97 Å². The highest BCUT2D eigenvalue weighted by molar-refractivity contribution is 5.88. The summed E-state index contributed by atoms with van der Waals surface area (Å²) in [7, 11) is 0. The van der Waals surface area contributed by atoms with E-state index < -0.39 is 5.97 Å². The fourth-order valence-corrected chi connectivity index (χ4v) is 3.95. The zero-order valence-corrected chi connectivity index (χ0v) is 21.0. The van der Waals surface area contributed by atoms with Gasteiger partial charge in [0.2, 0.25) is 0 Å². The van der Waals surface area contributed by atoms with Crippen molar-refractivity contribution in [2.75, 3.05) is 4.90 Å². The zero-order chi connectivity index (χ0) is 25.7. The maximum absolute atomic E-state index is 11.2. The summed E-state index contributed by atoms with van der Waals surface area (Å²) in [5.41, 5.74) is 5.25. The topological polar surface area (TPSA) is 59.0 Å². The highest BCUT2D eigenvalue weighted by atomic mass is 16.5. The number of ether oxygens (including phenoxy) is 2. The van der Waals surface area contributed by atoms with E-state index >= 15 is 0 Å². The predicted octanol–water partition coefficient (Wildman–Crippen LogP) is 8.10. The molecule has 4 rings (SSSR count). The number of benzene rings is 4. The van der Waals surface area contributed by atoms with Gasteiger partial charge in [0.05, 0.1) is 17.8 Å². The molecule has 0 radical (unpaired) electrons. The Balaban J connectivity index is 1.68. The summed E-state index contributed by atoms with van der Waals surface area (Å²) in [4.78, 5) is 13.3. The largest absolute Gasteiger partial charge is 0.491 e. The number of anilines is 3. The zero-order valence-electron chi connectivity index (χ0n) is 21.0. The average molecular weight is 482 g/mol. The second-order valence-corrected chi connectivity index (χ2v) is 9.09.